The van der Waals surface area contributed by atoms with Gasteiger partial charge in [0.1, 0.15) is 0 Å². The topological polar surface area (TPSA) is 66.4 Å². The minimum absolute atomic E-state index is 0.0173. The number of anilines is 1. The molecule has 0 bridgehead atoms. The molecule has 1 aliphatic rings. The van der Waals surface area contributed by atoms with Crippen LogP contribution < -0.4 is 5.32 Å². The molecule has 0 spiro atoms. The van der Waals surface area contributed by atoms with Crippen molar-refractivity contribution in [1.29, 1.82) is 0 Å². The number of aromatic carboxylic acids is 1. The van der Waals surface area contributed by atoms with Crippen LogP contribution >= 0.6 is 11.8 Å². The van der Waals surface area contributed by atoms with E-state index in [2.05, 4.69) is 5.32 Å². The standard InChI is InChI=1S/C13H15NO3S/c1-8-7-9(13(16)17)4-5-10(8)14-12(15)11-3-2-6-18-11/h4-5,7,11H,2-3,6H2,1H3,(H,14,15)(H,16,17). The molecule has 5 heteroatoms. The van der Waals surface area contributed by atoms with E-state index in [0.29, 0.717) is 5.69 Å². The molecule has 4 nitrogen and oxygen atoms in total. The first kappa shape index (κ1) is 13.0. The number of nitrogens with one attached hydrogen (secondary N) is 1. The summed E-state index contributed by atoms with van der Waals surface area (Å²) in [6.45, 7) is 1.80. The predicted molar refractivity (Wildman–Crippen MR) is 72.2 cm³/mol. The SMILES string of the molecule is Cc1cc(C(=O)O)ccc1NC(=O)C1CCCS1. The Morgan fingerprint density at radius 2 is 2.22 bits per heavy atom. The van der Waals surface area contributed by atoms with Crippen LogP contribution in [0.5, 0.6) is 0 Å². The van der Waals surface area contributed by atoms with Crippen molar-refractivity contribution >= 4 is 29.3 Å². The quantitative estimate of drug-likeness (QED) is 0.881. The van der Waals surface area contributed by atoms with E-state index in [9.17, 15) is 9.59 Å². The van der Waals surface area contributed by atoms with Crippen molar-refractivity contribution in [3.63, 3.8) is 0 Å². The van der Waals surface area contributed by atoms with Crippen LogP contribution in [0.25, 0.3) is 0 Å². The summed E-state index contributed by atoms with van der Waals surface area (Å²) in [6, 6.07) is 4.72. The molecule has 1 aliphatic heterocycles. The summed E-state index contributed by atoms with van der Waals surface area (Å²) in [5.41, 5.74) is 1.70. The minimum atomic E-state index is -0.956. The van der Waals surface area contributed by atoms with Crippen molar-refractivity contribution in [1.82, 2.24) is 0 Å². The molecule has 2 N–H and O–H groups in total. The number of carbonyl (C=O) groups excluding carboxylic acids is 1. The van der Waals surface area contributed by atoms with E-state index in [1.165, 1.54) is 6.07 Å². The van der Waals surface area contributed by atoms with E-state index in [0.717, 1.165) is 24.2 Å². The Labute approximate surface area is 110 Å². The van der Waals surface area contributed by atoms with Crippen LogP contribution in [0.1, 0.15) is 28.8 Å². The molecule has 0 radical (unpaired) electrons. The molecule has 1 fully saturated rings. The molecule has 0 aromatic heterocycles. The summed E-state index contributed by atoms with van der Waals surface area (Å²) in [5.74, 6) is 0.0978. The second kappa shape index (κ2) is 5.44. The third kappa shape index (κ3) is 2.85. The average Bonchev–Trinajstić information content (AvgIpc) is 2.85. The Balaban J connectivity index is 2.09. The summed E-state index contributed by atoms with van der Waals surface area (Å²) in [6.07, 6.45) is 2.00. The number of carbonyl (C=O) groups is 2. The van der Waals surface area contributed by atoms with Gasteiger partial charge in [0, 0.05) is 5.69 Å². The van der Waals surface area contributed by atoms with Crippen LogP contribution in [-0.4, -0.2) is 28.0 Å². The van der Waals surface area contributed by atoms with Crippen molar-refractivity contribution < 1.29 is 14.7 Å². The molecular weight excluding hydrogens is 250 g/mol. The van der Waals surface area contributed by atoms with E-state index < -0.39 is 5.97 Å². The lowest BCUT2D eigenvalue weighted by Gasteiger charge is -2.12. The fourth-order valence-corrected chi connectivity index (χ4v) is 3.10. The molecule has 1 atom stereocenters. The van der Waals surface area contributed by atoms with Crippen molar-refractivity contribution in [2.45, 2.75) is 25.0 Å². The van der Waals surface area contributed by atoms with Crippen LogP contribution in [-0.2, 0) is 4.79 Å². The van der Waals surface area contributed by atoms with Gasteiger partial charge in [0.05, 0.1) is 10.8 Å². The molecule has 1 aromatic rings. The summed E-state index contributed by atoms with van der Waals surface area (Å²) < 4.78 is 0. The fourth-order valence-electron chi connectivity index (χ4n) is 1.93. The third-order valence-electron chi connectivity index (χ3n) is 2.95. The molecule has 18 heavy (non-hydrogen) atoms. The highest BCUT2D eigenvalue weighted by atomic mass is 32.2. The highest BCUT2D eigenvalue weighted by Gasteiger charge is 2.23. The zero-order chi connectivity index (χ0) is 13.1. The molecule has 2 rings (SSSR count). The Morgan fingerprint density at radius 3 is 2.78 bits per heavy atom. The van der Waals surface area contributed by atoms with Gasteiger partial charge in [-0.3, -0.25) is 4.79 Å². The van der Waals surface area contributed by atoms with Gasteiger partial charge in [-0.15, -0.1) is 11.8 Å². The number of hydrogen-bond acceptors (Lipinski definition) is 3. The Kier molecular flexibility index (Phi) is 3.91. The molecule has 1 aromatic carbocycles. The van der Waals surface area contributed by atoms with Gasteiger partial charge in [-0.1, -0.05) is 0 Å². The van der Waals surface area contributed by atoms with Crippen LogP contribution in [0.3, 0.4) is 0 Å². The molecule has 1 saturated heterocycles. The zero-order valence-corrected chi connectivity index (χ0v) is 10.9. The fraction of sp³-hybridized carbons (Fsp3) is 0.385. The number of benzene rings is 1. The van der Waals surface area contributed by atoms with Crippen molar-refractivity contribution in [2.24, 2.45) is 0 Å². The molecule has 1 amide bonds. The Morgan fingerprint density at radius 1 is 1.44 bits per heavy atom. The van der Waals surface area contributed by atoms with Gasteiger partial charge < -0.3 is 10.4 Å². The second-order valence-electron chi connectivity index (χ2n) is 4.33. The first-order valence-electron chi connectivity index (χ1n) is 5.84. The van der Waals surface area contributed by atoms with Crippen molar-refractivity contribution in [2.75, 3.05) is 11.1 Å². The van der Waals surface area contributed by atoms with Gasteiger partial charge in [-0.2, -0.15) is 0 Å². The monoisotopic (exact) mass is 265 g/mol. The first-order chi connectivity index (χ1) is 8.58. The maximum Gasteiger partial charge on any atom is 0.335 e. The van der Waals surface area contributed by atoms with Crippen molar-refractivity contribution in [3.8, 4) is 0 Å². The second-order valence-corrected chi connectivity index (χ2v) is 5.64. The molecule has 0 saturated carbocycles. The number of thioether (sulfide) groups is 1. The van der Waals surface area contributed by atoms with Gasteiger partial charge >= 0.3 is 5.97 Å². The maximum atomic E-state index is 11.9. The molecule has 1 heterocycles. The zero-order valence-electron chi connectivity index (χ0n) is 10.1. The highest BCUT2D eigenvalue weighted by Crippen LogP contribution is 2.27. The predicted octanol–water partition coefficient (Wildman–Crippen LogP) is 2.53. The van der Waals surface area contributed by atoms with Crippen LogP contribution in [0, 0.1) is 6.92 Å². The molecule has 0 aliphatic carbocycles. The van der Waals surface area contributed by atoms with Gasteiger partial charge in [-0.25, -0.2) is 4.79 Å². The number of amides is 1. The highest BCUT2D eigenvalue weighted by molar-refractivity contribution is 8.00. The molecule has 1 unspecified atom stereocenters. The lowest BCUT2D eigenvalue weighted by atomic mass is 10.1. The van der Waals surface area contributed by atoms with Crippen LogP contribution in [0.15, 0.2) is 18.2 Å². The first-order valence-corrected chi connectivity index (χ1v) is 6.89. The normalized spacial score (nSPS) is 18.6. The Bertz CT molecular complexity index is 481. The van der Waals surface area contributed by atoms with Crippen molar-refractivity contribution in [3.05, 3.63) is 29.3 Å². The average molecular weight is 265 g/mol. The smallest absolute Gasteiger partial charge is 0.335 e. The molecular formula is C13H15NO3S. The summed E-state index contributed by atoms with van der Waals surface area (Å²) >= 11 is 1.68. The third-order valence-corrected chi connectivity index (χ3v) is 4.33. The van der Waals surface area contributed by atoms with E-state index in [-0.39, 0.29) is 16.7 Å². The van der Waals surface area contributed by atoms with E-state index >= 15 is 0 Å². The van der Waals surface area contributed by atoms with Gasteiger partial charge in [0.25, 0.3) is 0 Å². The lowest BCUT2D eigenvalue weighted by Crippen LogP contribution is -2.23. The maximum absolute atomic E-state index is 11.9. The number of aryl methyl sites for hydroxylation is 1. The van der Waals surface area contributed by atoms with Crippen LogP contribution in [0.4, 0.5) is 5.69 Å². The summed E-state index contributed by atoms with van der Waals surface area (Å²) in [5, 5.41) is 11.8. The lowest BCUT2D eigenvalue weighted by molar-refractivity contribution is -0.115. The van der Waals surface area contributed by atoms with E-state index in [1.807, 2.05) is 0 Å². The largest absolute Gasteiger partial charge is 0.478 e. The van der Waals surface area contributed by atoms with E-state index in [1.54, 1.807) is 30.8 Å². The number of hydrogen-bond donors (Lipinski definition) is 2. The molecule has 96 valence electrons. The minimum Gasteiger partial charge on any atom is -0.478 e. The summed E-state index contributed by atoms with van der Waals surface area (Å²) in [4.78, 5) is 22.7. The summed E-state index contributed by atoms with van der Waals surface area (Å²) in [7, 11) is 0. The van der Waals surface area contributed by atoms with Gasteiger partial charge in [0.2, 0.25) is 5.91 Å². The number of carboxylic acids is 1. The van der Waals surface area contributed by atoms with Crippen LogP contribution in [0.2, 0.25) is 0 Å². The Hall–Kier alpha value is -1.49. The van der Waals surface area contributed by atoms with Gasteiger partial charge in [-0.05, 0) is 49.3 Å². The van der Waals surface area contributed by atoms with E-state index in [4.69, 9.17) is 5.11 Å². The number of carboxylic acid groups (broad SMARTS) is 1. The van der Waals surface area contributed by atoms with Gasteiger partial charge in [0.15, 0.2) is 0 Å². The number of rotatable bonds is 3.